The van der Waals surface area contributed by atoms with Crippen LogP contribution in [0.15, 0.2) is 18.2 Å². The van der Waals surface area contributed by atoms with E-state index in [1.54, 1.807) is 0 Å². The highest BCUT2D eigenvalue weighted by molar-refractivity contribution is 5.82. The Morgan fingerprint density at radius 3 is 2.45 bits per heavy atom. The fraction of sp³-hybridized carbons (Fsp3) is 0.562. The van der Waals surface area contributed by atoms with Gasteiger partial charge in [-0.1, -0.05) is 18.9 Å². The summed E-state index contributed by atoms with van der Waals surface area (Å²) in [5, 5.41) is 2.84. The van der Waals surface area contributed by atoms with E-state index in [1.165, 1.54) is 18.2 Å². The lowest BCUT2D eigenvalue weighted by atomic mass is 9.87. The van der Waals surface area contributed by atoms with Crippen LogP contribution in [0.5, 0.6) is 0 Å². The fourth-order valence-corrected chi connectivity index (χ4v) is 3.33. The van der Waals surface area contributed by atoms with Crippen molar-refractivity contribution in [2.75, 3.05) is 19.8 Å². The maximum Gasteiger partial charge on any atom is 0.252 e. The molecule has 3 rings (SSSR count). The smallest absolute Gasteiger partial charge is 0.252 e. The number of ether oxygens (including phenoxy) is 2. The largest absolute Gasteiger partial charge is 0.376 e. The van der Waals surface area contributed by atoms with Gasteiger partial charge >= 0.3 is 0 Å². The van der Waals surface area contributed by atoms with Gasteiger partial charge in [-0.05, 0) is 25.0 Å². The van der Waals surface area contributed by atoms with Crippen molar-refractivity contribution in [2.45, 2.75) is 37.3 Å². The molecule has 1 amide bonds. The third-order valence-electron chi connectivity index (χ3n) is 4.37. The van der Waals surface area contributed by atoms with Crippen LogP contribution in [0.2, 0.25) is 0 Å². The number of carbonyl (C=O) groups is 1. The summed E-state index contributed by atoms with van der Waals surface area (Å²) < 4.78 is 39.0. The van der Waals surface area contributed by atoms with E-state index < -0.39 is 23.3 Å². The Kier molecular flexibility index (Phi) is 4.40. The topological polar surface area (TPSA) is 47.6 Å². The maximum absolute atomic E-state index is 14.2. The van der Waals surface area contributed by atoms with Gasteiger partial charge in [-0.15, -0.1) is 0 Å². The van der Waals surface area contributed by atoms with Crippen LogP contribution in [0.3, 0.4) is 0 Å². The quantitative estimate of drug-likeness (QED) is 0.931. The van der Waals surface area contributed by atoms with Crippen molar-refractivity contribution in [3.05, 3.63) is 35.4 Å². The van der Waals surface area contributed by atoms with Gasteiger partial charge in [-0.2, -0.15) is 0 Å². The van der Waals surface area contributed by atoms with Crippen molar-refractivity contribution >= 4 is 5.91 Å². The van der Waals surface area contributed by atoms with Gasteiger partial charge in [-0.3, -0.25) is 4.79 Å². The third kappa shape index (κ3) is 2.85. The maximum atomic E-state index is 14.2. The first-order valence-corrected chi connectivity index (χ1v) is 7.58. The van der Waals surface area contributed by atoms with Gasteiger partial charge in [0.2, 0.25) is 0 Å². The molecule has 1 aliphatic carbocycles. The molecular formula is C16H19F2NO3. The molecule has 1 aromatic carbocycles. The lowest BCUT2D eigenvalue weighted by molar-refractivity contribution is -0.149. The fourth-order valence-electron chi connectivity index (χ4n) is 3.33. The predicted molar refractivity (Wildman–Crippen MR) is 75.2 cm³/mol. The van der Waals surface area contributed by atoms with E-state index in [0.29, 0.717) is 26.1 Å². The van der Waals surface area contributed by atoms with Gasteiger partial charge in [0, 0.05) is 5.56 Å². The van der Waals surface area contributed by atoms with E-state index in [9.17, 15) is 13.6 Å². The molecule has 1 atom stereocenters. The molecule has 1 aromatic rings. The summed E-state index contributed by atoms with van der Waals surface area (Å²) in [6, 6.07) is 3.78. The van der Waals surface area contributed by atoms with E-state index in [4.69, 9.17) is 9.47 Å². The molecule has 2 fully saturated rings. The molecule has 120 valence electrons. The van der Waals surface area contributed by atoms with Crippen LogP contribution < -0.4 is 5.32 Å². The minimum Gasteiger partial charge on any atom is -0.376 e. The summed E-state index contributed by atoms with van der Waals surface area (Å²) in [5.74, 6) is -1.62. The van der Waals surface area contributed by atoms with Crippen molar-refractivity contribution in [2.24, 2.45) is 0 Å². The summed E-state index contributed by atoms with van der Waals surface area (Å²) in [6.45, 7) is 0.970. The molecule has 0 bridgehead atoms. The normalized spacial score (nSPS) is 24.2. The van der Waals surface area contributed by atoms with Crippen LogP contribution in [0, 0.1) is 11.6 Å². The SMILES string of the molecule is O=C(NC1(c2c(F)cccc2F)CCCC1)[C@@H]1COCCO1. The predicted octanol–water partition coefficient (Wildman–Crippen LogP) is 2.27. The minimum atomic E-state index is -0.993. The van der Waals surface area contributed by atoms with Gasteiger partial charge < -0.3 is 14.8 Å². The van der Waals surface area contributed by atoms with Crippen LogP contribution in [-0.4, -0.2) is 31.8 Å². The lowest BCUT2D eigenvalue weighted by Gasteiger charge is -2.34. The average Bonchev–Trinajstić information content (AvgIpc) is 2.97. The highest BCUT2D eigenvalue weighted by Crippen LogP contribution is 2.41. The van der Waals surface area contributed by atoms with Crippen LogP contribution in [-0.2, 0) is 19.8 Å². The molecule has 1 saturated heterocycles. The highest BCUT2D eigenvalue weighted by atomic mass is 19.1. The summed E-state index contributed by atoms with van der Waals surface area (Å²) in [7, 11) is 0. The average molecular weight is 311 g/mol. The van der Waals surface area contributed by atoms with Gasteiger partial charge in [0.1, 0.15) is 11.6 Å². The standard InChI is InChI=1S/C16H19F2NO3/c17-11-4-3-5-12(18)14(11)16(6-1-2-7-16)19-15(20)13-10-21-8-9-22-13/h3-5,13H,1-2,6-10H2,(H,19,20)/t13-/m0/s1. The Bertz CT molecular complexity index is 532. The first-order valence-electron chi connectivity index (χ1n) is 7.58. The summed E-state index contributed by atoms with van der Waals surface area (Å²) in [4.78, 5) is 12.4. The zero-order valence-electron chi connectivity index (χ0n) is 12.2. The number of carbonyl (C=O) groups excluding carboxylic acids is 1. The molecule has 4 nitrogen and oxygen atoms in total. The second-order valence-electron chi connectivity index (χ2n) is 5.81. The third-order valence-corrected chi connectivity index (χ3v) is 4.37. The van der Waals surface area contributed by atoms with Gasteiger partial charge in [0.15, 0.2) is 6.10 Å². The first-order chi connectivity index (χ1) is 10.6. The molecule has 6 heteroatoms. The minimum absolute atomic E-state index is 0.0439. The Morgan fingerprint density at radius 2 is 1.86 bits per heavy atom. The van der Waals surface area contributed by atoms with Crippen LogP contribution in [0.4, 0.5) is 8.78 Å². The van der Waals surface area contributed by atoms with Crippen molar-refractivity contribution in [1.82, 2.24) is 5.32 Å². The molecule has 22 heavy (non-hydrogen) atoms. The Hall–Kier alpha value is -1.53. The second kappa shape index (κ2) is 6.30. The summed E-state index contributed by atoms with van der Waals surface area (Å²) in [6.07, 6.45) is 1.95. The number of hydrogen-bond donors (Lipinski definition) is 1. The summed E-state index contributed by atoms with van der Waals surface area (Å²) >= 11 is 0. The van der Waals surface area contributed by atoms with Crippen LogP contribution >= 0.6 is 0 Å². The number of amides is 1. The highest BCUT2D eigenvalue weighted by Gasteiger charge is 2.42. The summed E-state index contributed by atoms with van der Waals surface area (Å²) in [5.41, 5.74) is -1.04. The molecule has 0 unspecified atom stereocenters. The molecule has 1 saturated carbocycles. The zero-order chi connectivity index (χ0) is 15.6. The van der Waals surface area contributed by atoms with Crippen LogP contribution in [0.25, 0.3) is 0 Å². The van der Waals surface area contributed by atoms with Gasteiger partial charge in [0.05, 0.1) is 25.4 Å². The number of halogens is 2. The van der Waals surface area contributed by atoms with E-state index in [0.717, 1.165) is 12.8 Å². The lowest BCUT2D eigenvalue weighted by Crippen LogP contribution is -2.51. The first kappa shape index (κ1) is 15.4. The Morgan fingerprint density at radius 1 is 1.18 bits per heavy atom. The van der Waals surface area contributed by atoms with Gasteiger partial charge in [0.25, 0.3) is 5.91 Å². The Labute approximate surface area is 127 Å². The molecular weight excluding hydrogens is 292 g/mol. The van der Waals surface area contributed by atoms with E-state index >= 15 is 0 Å². The number of hydrogen-bond acceptors (Lipinski definition) is 3. The molecule has 0 spiro atoms. The molecule has 1 N–H and O–H groups in total. The zero-order valence-corrected chi connectivity index (χ0v) is 12.2. The number of nitrogens with one attached hydrogen (secondary N) is 1. The van der Waals surface area contributed by atoms with Crippen molar-refractivity contribution in [3.8, 4) is 0 Å². The van der Waals surface area contributed by atoms with E-state index in [1.807, 2.05) is 0 Å². The number of rotatable bonds is 3. The second-order valence-corrected chi connectivity index (χ2v) is 5.81. The van der Waals surface area contributed by atoms with Crippen molar-refractivity contribution < 1.29 is 23.0 Å². The van der Waals surface area contributed by atoms with Crippen LogP contribution in [0.1, 0.15) is 31.2 Å². The molecule has 1 heterocycles. The monoisotopic (exact) mass is 311 g/mol. The van der Waals surface area contributed by atoms with E-state index in [2.05, 4.69) is 5.32 Å². The molecule has 0 radical (unpaired) electrons. The van der Waals surface area contributed by atoms with Crippen molar-refractivity contribution in [1.29, 1.82) is 0 Å². The van der Waals surface area contributed by atoms with Crippen molar-refractivity contribution in [3.63, 3.8) is 0 Å². The number of benzene rings is 1. The molecule has 1 aliphatic heterocycles. The molecule has 2 aliphatic rings. The van der Waals surface area contributed by atoms with Gasteiger partial charge in [-0.25, -0.2) is 8.78 Å². The Balaban J connectivity index is 1.87. The van der Waals surface area contributed by atoms with E-state index in [-0.39, 0.29) is 18.1 Å². The molecule has 0 aromatic heterocycles.